The van der Waals surface area contributed by atoms with Gasteiger partial charge in [0.15, 0.2) is 0 Å². The van der Waals surface area contributed by atoms with Crippen LogP contribution in [0.15, 0.2) is 10.6 Å². The highest BCUT2D eigenvalue weighted by Gasteiger charge is 2.18. The van der Waals surface area contributed by atoms with Crippen LogP contribution >= 0.6 is 0 Å². The first-order chi connectivity index (χ1) is 5.54. The van der Waals surface area contributed by atoms with Crippen molar-refractivity contribution in [2.75, 3.05) is 6.54 Å². The van der Waals surface area contributed by atoms with Gasteiger partial charge >= 0.3 is 0 Å². The second kappa shape index (κ2) is 3.27. The molecule has 0 saturated carbocycles. The van der Waals surface area contributed by atoms with Crippen LogP contribution in [0, 0.1) is 0 Å². The molecule has 0 aliphatic carbocycles. The second-order valence-electron chi connectivity index (χ2n) is 3.97. The molecule has 0 atom stereocenters. The summed E-state index contributed by atoms with van der Waals surface area (Å²) in [6.07, 6.45) is 0.767. The number of aromatic nitrogens is 1. The van der Waals surface area contributed by atoms with E-state index in [1.54, 1.807) is 0 Å². The van der Waals surface area contributed by atoms with E-state index in [1.165, 1.54) is 0 Å². The summed E-state index contributed by atoms with van der Waals surface area (Å²) in [5.41, 5.74) is 6.45. The van der Waals surface area contributed by atoms with Gasteiger partial charge in [-0.2, -0.15) is 0 Å². The number of rotatable bonds is 2. The van der Waals surface area contributed by atoms with Crippen LogP contribution in [-0.4, -0.2) is 11.7 Å². The van der Waals surface area contributed by atoms with Crippen molar-refractivity contribution in [1.82, 2.24) is 5.16 Å². The van der Waals surface area contributed by atoms with Gasteiger partial charge in [-0.3, -0.25) is 0 Å². The third-order valence-corrected chi connectivity index (χ3v) is 1.72. The summed E-state index contributed by atoms with van der Waals surface area (Å²) in [4.78, 5) is 0. The van der Waals surface area contributed by atoms with Gasteiger partial charge < -0.3 is 10.3 Å². The Morgan fingerprint density at radius 2 is 2.17 bits per heavy atom. The molecule has 1 rings (SSSR count). The number of nitrogens with two attached hydrogens (primary N) is 1. The minimum atomic E-state index is 0.0658. The molecule has 12 heavy (non-hydrogen) atoms. The summed E-state index contributed by atoms with van der Waals surface area (Å²) in [7, 11) is 0. The van der Waals surface area contributed by atoms with Crippen molar-refractivity contribution in [3.8, 4) is 0 Å². The first-order valence-electron chi connectivity index (χ1n) is 4.20. The molecule has 68 valence electrons. The molecule has 0 fully saturated rings. The Labute approximate surface area is 72.9 Å². The Morgan fingerprint density at radius 3 is 2.58 bits per heavy atom. The lowest BCUT2D eigenvalue weighted by molar-refractivity contribution is 0.365. The van der Waals surface area contributed by atoms with Crippen LogP contribution in [0.25, 0.3) is 0 Å². The molecule has 0 spiro atoms. The standard InChI is InChI=1S/C9H16N2O/c1-9(2,3)8-6-7(4-5-10)12-11-8/h6H,4-5,10H2,1-3H3. The summed E-state index contributed by atoms with van der Waals surface area (Å²) < 4.78 is 5.10. The van der Waals surface area contributed by atoms with Crippen LogP contribution in [0.1, 0.15) is 32.2 Å². The highest BCUT2D eigenvalue weighted by atomic mass is 16.5. The molecule has 3 nitrogen and oxygen atoms in total. The van der Waals surface area contributed by atoms with Gasteiger partial charge in [-0.15, -0.1) is 0 Å². The van der Waals surface area contributed by atoms with E-state index in [0.717, 1.165) is 17.9 Å². The smallest absolute Gasteiger partial charge is 0.138 e. The van der Waals surface area contributed by atoms with Gasteiger partial charge in [-0.25, -0.2) is 0 Å². The zero-order valence-electron chi connectivity index (χ0n) is 7.92. The van der Waals surface area contributed by atoms with E-state index in [0.29, 0.717) is 6.54 Å². The second-order valence-corrected chi connectivity index (χ2v) is 3.97. The van der Waals surface area contributed by atoms with Crippen molar-refractivity contribution < 1.29 is 4.52 Å². The maximum absolute atomic E-state index is 5.39. The number of nitrogens with zero attached hydrogens (tertiary/aromatic N) is 1. The fraction of sp³-hybridized carbons (Fsp3) is 0.667. The first-order valence-corrected chi connectivity index (χ1v) is 4.20. The highest BCUT2D eigenvalue weighted by molar-refractivity contribution is 5.13. The number of hydrogen-bond acceptors (Lipinski definition) is 3. The Hall–Kier alpha value is -0.830. The molecular weight excluding hydrogens is 152 g/mol. The molecule has 3 heteroatoms. The monoisotopic (exact) mass is 168 g/mol. The normalized spacial score (nSPS) is 12.0. The average molecular weight is 168 g/mol. The minimum absolute atomic E-state index is 0.0658. The third-order valence-electron chi connectivity index (χ3n) is 1.72. The van der Waals surface area contributed by atoms with Crippen LogP contribution in [0.2, 0.25) is 0 Å². The van der Waals surface area contributed by atoms with E-state index in [2.05, 4.69) is 25.9 Å². The molecule has 2 N–H and O–H groups in total. The predicted octanol–water partition coefficient (Wildman–Crippen LogP) is 1.47. The van der Waals surface area contributed by atoms with Gasteiger partial charge in [-0.05, 0) is 6.54 Å². The molecule has 0 saturated heterocycles. The summed E-state index contributed by atoms with van der Waals surface area (Å²) in [5, 5.41) is 3.98. The average Bonchev–Trinajstić information content (AvgIpc) is 2.35. The van der Waals surface area contributed by atoms with Crippen molar-refractivity contribution in [3.63, 3.8) is 0 Å². The highest BCUT2D eigenvalue weighted by Crippen LogP contribution is 2.21. The topological polar surface area (TPSA) is 52.0 Å². The van der Waals surface area contributed by atoms with Gasteiger partial charge in [0, 0.05) is 17.9 Å². The van der Waals surface area contributed by atoms with E-state index in [4.69, 9.17) is 10.3 Å². The molecule has 0 unspecified atom stereocenters. The van der Waals surface area contributed by atoms with Crippen LogP contribution in [0.4, 0.5) is 0 Å². The van der Waals surface area contributed by atoms with Crippen molar-refractivity contribution >= 4 is 0 Å². The maximum atomic E-state index is 5.39. The Balaban J connectivity index is 2.77. The zero-order chi connectivity index (χ0) is 9.19. The summed E-state index contributed by atoms with van der Waals surface area (Å²) in [5.74, 6) is 0.877. The summed E-state index contributed by atoms with van der Waals surface area (Å²) >= 11 is 0. The molecule has 0 aliphatic rings. The SMILES string of the molecule is CC(C)(C)c1cc(CCN)on1. The van der Waals surface area contributed by atoms with Gasteiger partial charge in [0.2, 0.25) is 0 Å². The molecular formula is C9H16N2O. The van der Waals surface area contributed by atoms with Gasteiger partial charge in [0.1, 0.15) is 5.76 Å². The van der Waals surface area contributed by atoms with Crippen LogP contribution < -0.4 is 5.73 Å². The third kappa shape index (κ3) is 2.08. The largest absolute Gasteiger partial charge is 0.361 e. The van der Waals surface area contributed by atoms with E-state index in [9.17, 15) is 0 Å². The molecule has 0 aromatic carbocycles. The summed E-state index contributed by atoms with van der Waals surface area (Å²) in [6.45, 7) is 6.93. The Kier molecular flexibility index (Phi) is 2.52. The summed E-state index contributed by atoms with van der Waals surface area (Å²) in [6, 6.07) is 1.98. The molecule has 1 aromatic heterocycles. The lowest BCUT2D eigenvalue weighted by Gasteiger charge is -2.12. The van der Waals surface area contributed by atoms with Crippen molar-refractivity contribution in [3.05, 3.63) is 17.5 Å². The molecule has 0 radical (unpaired) electrons. The fourth-order valence-electron chi connectivity index (χ4n) is 0.927. The van der Waals surface area contributed by atoms with E-state index in [1.807, 2.05) is 6.07 Å². The van der Waals surface area contributed by atoms with E-state index in [-0.39, 0.29) is 5.41 Å². The molecule has 1 heterocycles. The number of hydrogen-bond donors (Lipinski definition) is 1. The first kappa shape index (κ1) is 9.26. The van der Waals surface area contributed by atoms with E-state index < -0.39 is 0 Å². The minimum Gasteiger partial charge on any atom is -0.361 e. The van der Waals surface area contributed by atoms with Crippen LogP contribution in [-0.2, 0) is 11.8 Å². The molecule has 0 aliphatic heterocycles. The van der Waals surface area contributed by atoms with Crippen molar-refractivity contribution in [1.29, 1.82) is 0 Å². The zero-order valence-corrected chi connectivity index (χ0v) is 7.92. The van der Waals surface area contributed by atoms with Crippen molar-refractivity contribution in [2.45, 2.75) is 32.6 Å². The van der Waals surface area contributed by atoms with Crippen LogP contribution in [0.5, 0.6) is 0 Å². The molecule has 1 aromatic rings. The quantitative estimate of drug-likeness (QED) is 0.727. The Morgan fingerprint density at radius 1 is 1.50 bits per heavy atom. The lowest BCUT2D eigenvalue weighted by atomic mass is 9.92. The van der Waals surface area contributed by atoms with Crippen LogP contribution in [0.3, 0.4) is 0 Å². The molecule has 0 bridgehead atoms. The van der Waals surface area contributed by atoms with E-state index >= 15 is 0 Å². The van der Waals surface area contributed by atoms with Crippen molar-refractivity contribution in [2.24, 2.45) is 5.73 Å². The molecule has 0 amide bonds. The van der Waals surface area contributed by atoms with Gasteiger partial charge in [0.25, 0.3) is 0 Å². The predicted molar refractivity (Wildman–Crippen MR) is 48.0 cm³/mol. The van der Waals surface area contributed by atoms with Gasteiger partial charge in [0.05, 0.1) is 5.69 Å². The van der Waals surface area contributed by atoms with Gasteiger partial charge in [-0.1, -0.05) is 25.9 Å². The fourth-order valence-corrected chi connectivity index (χ4v) is 0.927. The Bertz CT molecular complexity index is 247. The maximum Gasteiger partial charge on any atom is 0.138 e. The lowest BCUT2D eigenvalue weighted by Crippen LogP contribution is -2.11.